The number of imidazole rings is 1. The third-order valence-electron chi connectivity index (χ3n) is 4.69. The molecule has 1 aromatic carbocycles. The molecule has 1 aliphatic carbocycles. The first-order valence-electron chi connectivity index (χ1n) is 8.66. The maximum atomic E-state index is 14.3. The van der Waals surface area contributed by atoms with E-state index in [9.17, 15) is 13.6 Å². The number of fused-ring (bicyclic) bond motifs is 1. The topological polar surface area (TPSA) is 46.4 Å². The quantitative estimate of drug-likeness (QED) is 0.746. The highest BCUT2D eigenvalue weighted by atomic mass is 19.1. The molecule has 26 heavy (non-hydrogen) atoms. The number of hydrogen-bond donors (Lipinski definition) is 1. The lowest BCUT2D eigenvalue weighted by Gasteiger charge is -2.14. The molecule has 134 valence electrons. The van der Waals surface area contributed by atoms with Gasteiger partial charge in [-0.05, 0) is 47.2 Å². The number of rotatable bonds is 4. The van der Waals surface area contributed by atoms with Gasteiger partial charge in [-0.25, -0.2) is 13.8 Å². The van der Waals surface area contributed by atoms with Gasteiger partial charge in [0.25, 0.3) is 0 Å². The molecule has 2 aromatic heterocycles. The molecule has 2 atom stereocenters. The first-order valence-corrected chi connectivity index (χ1v) is 8.66. The molecule has 2 unspecified atom stereocenters. The molecule has 0 bridgehead atoms. The average Bonchev–Trinajstić information content (AvgIpc) is 3.19. The van der Waals surface area contributed by atoms with Crippen LogP contribution in [0.1, 0.15) is 31.7 Å². The van der Waals surface area contributed by atoms with Crippen LogP contribution in [0.5, 0.6) is 0 Å². The Hall–Kier alpha value is -2.76. The zero-order valence-electron chi connectivity index (χ0n) is 14.5. The second kappa shape index (κ2) is 6.20. The van der Waals surface area contributed by atoms with Crippen LogP contribution in [0.15, 0.2) is 42.7 Å². The van der Waals surface area contributed by atoms with Crippen molar-refractivity contribution in [2.24, 2.45) is 5.92 Å². The highest BCUT2D eigenvalue weighted by molar-refractivity contribution is 5.94. The number of halogens is 2. The molecule has 0 radical (unpaired) electrons. The van der Waals surface area contributed by atoms with Crippen molar-refractivity contribution in [2.45, 2.75) is 32.4 Å². The first-order chi connectivity index (χ1) is 12.4. The second-order valence-corrected chi connectivity index (χ2v) is 7.01. The fraction of sp³-hybridized carbons (Fsp3) is 0.300. The molecule has 4 nitrogen and oxygen atoms in total. The number of pyridine rings is 1. The van der Waals surface area contributed by atoms with E-state index < -0.39 is 12.1 Å². The predicted octanol–water partition coefficient (Wildman–Crippen LogP) is 4.56. The normalized spacial score (nSPS) is 19.1. The summed E-state index contributed by atoms with van der Waals surface area (Å²) >= 11 is 0. The number of benzene rings is 1. The molecular weight excluding hydrogens is 336 g/mol. The van der Waals surface area contributed by atoms with Crippen LogP contribution >= 0.6 is 0 Å². The highest BCUT2D eigenvalue weighted by Crippen LogP contribution is 2.35. The van der Waals surface area contributed by atoms with Crippen molar-refractivity contribution >= 4 is 17.4 Å². The summed E-state index contributed by atoms with van der Waals surface area (Å²) in [5, 5.41) is 2.65. The van der Waals surface area contributed by atoms with Gasteiger partial charge in [0, 0.05) is 6.20 Å². The Bertz CT molecular complexity index is 996. The molecule has 1 amide bonds. The summed E-state index contributed by atoms with van der Waals surface area (Å²) in [7, 11) is 0. The highest BCUT2D eigenvalue weighted by Gasteiger charge is 2.43. The van der Waals surface area contributed by atoms with Crippen LogP contribution in [0.25, 0.3) is 16.8 Å². The van der Waals surface area contributed by atoms with Crippen molar-refractivity contribution in [3.8, 4) is 11.1 Å². The number of nitrogens with one attached hydrogen (secondary N) is 1. The van der Waals surface area contributed by atoms with Gasteiger partial charge in [0.15, 0.2) is 5.82 Å². The summed E-state index contributed by atoms with van der Waals surface area (Å²) in [5.41, 5.74) is 3.02. The molecular formula is C20H19F2N3O. The lowest BCUT2D eigenvalue weighted by molar-refractivity contribution is -0.117. The fourth-order valence-electron chi connectivity index (χ4n) is 3.24. The fourth-order valence-corrected chi connectivity index (χ4v) is 3.24. The molecule has 1 N–H and O–H groups in total. The minimum atomic E-state index is -1.04. The van der Waals surface area contributed by atoms with Gasteiger partial charge in [0.1, 0.15) is 17.6 Å². The SMILES string of the molecule is CC(C)c1c(F)cccc1-c1ccc2nc(NC(=O)C3CC3F)cn2c1. The summed E-state index contributed by atoms with van der Waals surface area (Å²) in [6, 6.07) is 8.76. The molecule has 0 aliphatic heterocycles. The zero-order valence-corrected chi connectivity index (χ0v) is 14.5. The lowest BCUT2D eigenvalue weighted by atomic mass is 9.93. The van der Waals surface area contributed by atoms with E-state index in [1.165, 1.54) is 6.07 Å². The van der Waals surface area contributed by atoms with E-state index >= 15 is 0 Å². The number of carbonyl (C=O) groups excluding carboxylic acids is 1. The molecule has 0 saturated heterocycles. The molecule has 1 aliphatic rings. The number of alkyl halides is 1. The van der Waals surface area contributed by atoms with E-state index in [1.807, 2.05) is 38.2 Å². The number of amides is 1. The van der Waals surface area contributed by atoms with Crippen LogP contribution in [0, 0.1) is 11.7 Å². The van der Waals surface area contributed by atoms with Crippen LogP contribution in [0.2, 0.25) is 0 Å². The molecule has 6 heteroatoms. The summed E-state index contributed by atoms with van der Waals surface area (Å²) in [6.07, 6.45) is 2.77. The van der Waals surface area contributed by atoms with Crippen LogP contribution < -0.4 is 5.32 Å². The Morgan fingerprint density at radius 2 is 2.04 bits per heavy atom. The molecule has 2 heterocycles. The van der Waals surface area contributed by atoms with E-state index in [0.717, 1.165) is 11.1 Å². The number of anilines is 1. The maximum Gasteiger partial charge on any atom is 0.231 e. The first kappa shape index (κ1) is 16.7. The Labute approximate surface area is 149 Å². The van der Waals surface area contributed by atoms with Crippen LogP contribution in [0.3, 0.4) is 0 Å². The van der Waals surface area contributed by atoms with Gasteiger partial charge in [-0.15, -0.1) is 0 Å². The van der Waals surface area contributed by atoms with Crippen LogP contribution in [0.4, 0.5) is 14.6 Å². The minimum Gasteiger partial charge on any atom is -0.309 e. The largest absolute Gasteiger partial charge is 0.309 e. The van der Waals surface area contributed by atoms with Crippen molar-refractivity contribution in [1.29, 1.82) is 0 Å². The van der Waals surface area contributed by atoms with Crippen molar-refractivity contribution in [3.05, 3.63) is 54.1 Å². The summed E-state index contributed by atoms with van der Waals surface area (Å²) in [5.74, 6) is -0.688. The molecule has 3 aromatic rings. The lowest BCUT2D eigenvalue weighted by Crippen LogP contribution is -2.15. The van der Waals surface area contributed by atoms with Gasteiger partial charge in [0.2, 0.25) is 5.91 Å². The van der Waals surface area contributed by atoms with E-state index in [2.05, 4.69) is 10.3 Å². The third kappa shape index (κ3) is 2.96. The van der Waals surface area contributed by atoms with Crippen LogP contribution in [-0.2, 0) is 4.79 Å². The van der Waals surface area contributed by atoms with E-state index in [4.69, 9.17) is 0 Å². The van der Waals surface area contributed by atoms with Gasteiger partial charge < -0.3 is 9.72 Å². The van der Waals surface area contributed by atoms with E-state index in [0.29, 0.717) is 17.0 Å². The van der Waals surface area contributed by atoms with Crippen molar-refractivity contribution in [2.75, 3.05) is 5.32 Å². The average molecular weight is 355 g/mol. The number of hydrogen-bond acceptors (Lipinski definition) is 2. The van der Waals surface area contributed by atoms with Crippen molar-refractivity contribution in [1.82, 2.24) is 9.38 Å². The minimum absolute atomic E-state index is 0.0479. The smallest absolute Gasteiger partial charge is 0.231 e. The Balaban J connectivity index is 1.68. The number of aromatic nitrogens is 2. The Morgan fingerprint density at radius 3 is 2.73 bits per heavy atom. The van der Waals surface area contributed by atoms with Crippen molar-refractivity contribution < 1.29 is 13.6 Å². The second-order valence-electron chi connectivity index (χ2n) is 7.01. The zero-order chi connectivity index (χ0) is 18.4. The van der Waals surface area contributed by atoms with E-state index in [-0.39, 0.29) is 24.1 Å². The van der Waals surface area contributed by atoms with Crippen LogP contribution in [-0.4, -0.2) is 21.5 Å². The third-order valence-corrected chi connectivity index (χ3v) is 4.69. The summed E-state index contributed by atoms with van der Waals surface area (Å²) in [6.45, 7) is 3.92. The molecule has 0 spiro atoms. The van der Waals surface area contributed by atoms with E-state index in [1.54, 1.807) is 16.7 Å². The van der Waals surface area contributed by atoms with Gasteiger partial charge in [-0.2, -0.15) is 0 Å². The molecule has 1 saturated carbocycles. The van der Waals surface area contributed by atoms with Crippen molar-refractivity contribution in [3.63, 3.8) is 0 Å². The maximum absolute atomic E-state index is 14.3. The summed E-state index contributed by atoms with van der Waals surface area (Å²) < 4.78 is 29.0. The number of nitrogens with zero attached hydrogens (tertiary/aromatic N) is 2. The standard InChI is InChI=1S/C20H19F2N3O/c1-11(2)19-13(4-3-5-15(19)21)12-6-7-18-23-17(10-25(18)9-12)24-20(26)14-8-16(14)22/h3-7,9-11,14,16H,8H2,1-2H3,(H,24,26). The Kier molecular flexibility index (Phi) is 3.98. The number of carbonyl (C=O) groups is 1. The van der Waals surface area contributed by atoms with Gasteiger partial charge in [-0.1, -0.05) is 26.0 Å². The Morgan fingerprint density at radius 1 is 1.27 bits per heavy atom. The predicted molar refractivity (Wildman–Crippen MR) is 96.3 cm³/mol. The molecule has 4 rings (SSSR count). The van der Waals surface area contributed by atoms with Gasteiger partial charge in [0.05, 0.1) is 12.1 Å². The van der Waals surface area contributed by atoms with Gasteiger partial charge >= 0.3 is 0 Å². The monoisotopic (exact) mass is 355 g/mol. The summed E-state index contributed by atoms with van der Waals surface area (Å²) in [4.78, 5) is 16.2. The molecule has 1 fully saturated rings. The van der Waals surface area contributed by atoms with Gasteiger partial charge in [-0.3, -0.25) is 4.79 Å².